The average molecular weight is 252 g/mol. The molecule has 1 aromatic heterocycles. The first-order valence-corrected chi connectivity index (χ1v) is 6.34. The molecule has 0 fully saturated rings. The molecule has 2 aromatic carbocycles. The quantitative estimate of drug-likeness (QED) is 0.668. The minimum Gasteiger partial charge on any atom is -0.197 e. The molecule has 4 heteroatoms. The third-order valence-electron chi connectivity index (χ3n) is 3.12. The molecule has 19 heavy (non-hydrogen) atoms. The smallest absolute Gasteiger partial charge is 0.162 e. The maximum absolute atomic E-state index is 4.15. The third-order valence-corrected chi connectivity index (χ3v) is 3.12. The number of fused-ring (bicyclic) bond motifs is 1. The van der Waals surface area contributed by atoms with Gasteiger partial charge in [-0.05, 0) is 33.3 Å². The van der Waals surface area contributed by atoms with E-state index >= 15 is 0 Å². The van der Waals surface area contributed by atoms with Crippen LogP contribution in [-0.2, 0) is 5.41 Å². The van der Waals surface area contributed by atoms with Gasteiger partial charge in [-0.1, -0.05) is 51.1 Å². The molecule has 1 heterocycles. The molecule has 3 aromatic rings. The molecular formula is C15H16N4. The van der Waals surface area contributed by atoms with Gasteiger partial charge in [-0.25, -0.2) is 0 Å². The molecule has 3 rings (SSSR count). The first-order chi connectivity index (χ1) is 9.05. The second-order valence-corrected chi connectivity index (χ2v) is 5.70. The van der Waals surface area contributed by atoms with Crippen molar-refractivity contribution in [3.63, 3.8) is 0 Å². The zero-order valence-corrected chi connectivity index (χ0v) is 11.3. The largest absolute Gasteiger partial charge is 0.197 e. The molecule has 0 atom stereocenters. The van der Waals surface area contributed by atoms with Crippen molar-refractivity contribution >= 4 is 10.8 Å². The lowest BCUT2D eigenvalue weighted by atomic mass is 9.95. The summed E-state index contributed by atoms with van der Waals surface area (Å²) in [6, 6.07) is 14.5. The minimum atomic E-state index is -0.0881. The molecule has 4 nitrogen and oxygen atoms in total. The van der Waals surface area contributed by atoms with Crippen LogP contribution in [0, 0.1) is 0 Å². The maximum Gasteiger partial charge on any atom is 0.162 e. The van der Waals surface area contributed by atoms with Crippen molar-refractivity contribution in [2.75, 3.05) is 0 Å². The van der Waals surface area contributed by atoms with Gasteiger partial charge in [0.25, 0.3) is 0 Å². The van der Waals surface area contributed by atoms with E-state index in [1.165, 1.54) is 10.8 Å². The molecule has 0 saturated heterocycles. The second kappa shape index (κ2) is 4.16. The van der Waals surface area contributed by atoms with E-state index in [0.717, 1.165) is 11.5 Å². The van der Waals surface area contributed by atoms with Gasteiger partial charge in [0.2, 0.25) is 0 Å². The van der Waals surface area contributed by atoms with Gasteiger partial charge in [-0.2, -0.15) is 4.68 Å². The fraction of sp³-hybridized carbons (Fsp3) is 0.267. The molecule has 0 spiro atoms. The van der Waals surface area contributed by atoms with E-state index in [2.05, 4.69) is 60.6 Å². The van der Waals surface area contributed by atoms with Crippen LogP contribution in [0.25, 0.3) is 16.5 Å². The van der Waals surface area contributed by atoms with Crippen LogP contribution in [0.15, 0.2) is 42.5 Å². The normalized spacial score (nSPS) is 11.9. The molecule has 0 amide bonds. The monoisotopic (exact) mass is 252 g/mol. The van der Waals surface area contributed by atoms with Crippen LogP contribution in [0.3, 0.4) is 0 Å². The van der Waals surface area contributed by atoms with Crippen molar-refractivity contribution < 1.29 is 0 Å². The summed E-state index contributed by atoms with van der Waals surface area (Å²) in [4.78, 5) is 0. The summed E-state index contributed by atoms with van der Waals surface area (Å²) in [6.07, 6.45) is 0. The SMILES string of the molecule is CC(C)(C)c1nnnn1-c1ccc2ccccc2c1. The first-order valence-electron chi connectivity index (χ1n) is 6.34. The lowest BCUT2D eigenvalue weighted by molar-refractivity contribution is 0.526. The molecule has 96 valence electrons. The summed E-state index contributed by atoms with van der Waals surface area (Å²) < 4.78 is 1.81. The summed E-state index contributed by atoms with van der Waals surface area (Å²) >= 11 is 0. The molecule has 0 radical (unpaired) electrons. The van der Waals surface area contributed by atoms with Gasteiger partial charge in [-0.3, -0.25) is 0 Å². The molecule has 0 saturated carbocycles. The van der Waals surface area contributed by atoms with Crippen LogP contribution in [0.4, 0.5) is 0 Å². The van der Waals surface area contributed by atoms with E-state index in [4.69, 9.17) is 0 Å². The Bertz CT molecular complexity index is 722. The predicted molar refractivity (Wildman–Crippen MR) is 75.4 cm³/mol. The number of benzene rings is 2. The van der Waals surface area contributed by atoms with Crippen molar-refractivity contribution in [3.8, 4) is 5.69 Å². The molecule has 0 aliphatic rings. The lowest BCUT2D eigenvalue weighted by Gasteiger charge is -2.17. The highest BCUT2D eigenvalue weighted by Crippen LogP contribution is 2.23. The topological polar surface area (TPSA) is 43.6 Å². The predicted octanol–water partition coefficient (Wildman–Crippen LogP) is 3.11. The van der Waals surface area contributed by atoms with Crippen molar-refractivity contribution in [1.29, 1.82) is 0 Å². The van der Waals surface area contributed by atoms with E-state index < -0.39 is 0 Å². The van der Waals surface area contributed by atoms with Gasteiger partial charge in [0.05, 0.1) is 5.69 Å². The van der Waals surface area contributed by atoms with Crippen LogP contribution in [0.1, 0.15) is 26.6 Å². The zero-order valence-electron chi connectivity index (χ0n) is 11.3. The van der Waals surface area contributed by atoms with Gasteiger partial charge in [0, 0.05) is 5.41 Å². The molecular weight excluding hydrogens is 236 g/mol. The van der Waals surface area contributed by atoms with E-state index in [1.54, 1.807) is 0 Å². The van der Waals surface area contributed by atoms with Crippen molar-refractivity contribution in [1.82, 2.24) is 20.2 Å². The molecule has 0 aliphatic heterocycles. The fourth-order valence-electron chi connectivity index (χ4n) is 2.14. The Labute approximate surface area is 112 Å². The van der Waals surface area contributed by atoms with Crippen molar-refractivity contribution in [2.24, 2.45) is 0 Å². The second-order valence-electron chi connectivity index (χ2n) is 5.70. The first kappa shape index (κ1) is 11.8. The van der Waals surface area contributed by atoms with Crippen LogP contribution in [0.2, 0.25) is 0 Å². The third kappa shape index (κ3) is 2.10. The maximum atomic E-state index is 4.15. The summed E-state index contributed by atoms with van der Waals surface area (Å²) in [5, 5.41) is 14.5. The van der Waals surface area contributed by atoms with E-state index in [1.807, 2.05) is 22.9 Å². The molecule has 0 aliphatic carbocycles. The van der Waals surface area contributed by atoms with Crippen LogP contribution in [0.5, 0.6) is 0 Å². The van der Waals surface area contributed by atoms with Gasteiger partial charge in [0.1, 0.15) is 0 Å². The van der Waals surface area contributed by atoms with Crippen LogP contribution < -0.4 is 0 Å². The Morgan fingerprint density at radius 3 is 2.42 bits per heavy atom. The van der Waals surface area contributed by atoms with Crippen LogP contribution in [-0.4, -0.2) is 20.2 Å². The van der Waals surface area contributed by atoms with Gasteiger partial charge < -0.3 is 0 Å². The van der Waals surface area contributed by atoms with Gasteiger partial charge >= 0.3 is 0 Å². The van der Waals surface area contributed by atoms with Gasteiger partial charge in [0.15, 0.2) is 5.82 Å². The summed E-state index contributed by atoms with van der Waals surface area (Å²) in [6.45, 7) is 6.32. The summed E-state index contributed by atoms with van der Waals surface area (Å²) in [7, 11) is 0. The number of tetrazole rings is 1. The van der Waals surface area contributed by atoms with E-state index in [9.17, 15) is 0 Å². The van der Waals surface area contributed by atoms with E-state index in [-0.39, 0.29) is 5.41 Å². The van der Waals surface area contributed by atoms with Gasteiger partial charge in [-0.15, -0.1) is 5.10 Å². The number of nitrogens with zero attached hydrogens (tertiary/aromatic N) is 4. The van der Waals surface area contributed by atoms with Crippen molar-refractivity contribution in [3.05, 3.63) is 48.3 Å². The Kier molecular flexibility index (Phi) is 2.59. The standard InChI is InChI=1S/C15H16N4/c1-15(2,3)14-16-17-18-19(14)13-9-8-11-6-4-5-7-12(11)10-13/h4-10H,1-3H3. The molecule has 0 N–H and O–H groups in total. The minimum absolute atomic E-state index is 0.0881. The Morgan fingerprint density at radius 1 is 0.947 bits per heavy atom. The Balaban J connectivity index is 2.17. The summed E-state index contributed by atoms with van der Waals surface area (Å²) in [5.41, 5.74) is 0.906. The Hall–Kier alpha value is -2.23. The number of aromatic nitrogens is 4. The number of hydrogen-bond donors (Lipinski definition) is 0. The fourth-order valence-corrected chi connectivity index (χ4v) is 2.14. The lowest BCUT2D eigenvalue weighted by Crippen LogP contribution is -2.18. The number of rotatable bonds is 1. The summed E-state index contributed by atoms with van der Waals surface area (Å²) in [5.74, 6) is 0.864. The van der Waals surface area contributed by atoms with Crippen molar-refractivity contribution in [2.45, 2.75) is 26.2 Å². The van der Waals surface area contributed by atoms with E-state index in [0.29, 0.717) is 0 Å². The highest BCUT2D eigenvalue weighted by molar-refractivity contribution is 5.84. The Morgan fingerprint density at radius 2 is 1.68 bits per heavy atom. The van der Waals surface area contributed by atoms with Crippen LogP contribution >= 0.6 is 0 Å². The molecule has 0 bridgehead atoms. The highest BCUT2D eigenvalue weighted by atomic mass is 15.5. The zero-order chi connectivity index (χ0) is 13.5. The number of hydrogen-bond acceptors (Lipinski definition) is 3. The highest BCUT2D eigenvalue weighted by Gasteiger charge is 2.22. The molecule has 0 unspecified atom stereocenters. The average Bonchev–Trinajstić information content (AvgIpc) is 2.87.